The molecule has 3 rings (SSSR count). The molecule has 0 saturated carbocycles. The molecule has 110 valence electrons. The summed E-state index contributed by atoms with van der Waals surface area (Å²) >= 11 is 0. The van der Waals surface area contributed by atoms with Crippen LogP contribution in [0.15, 0.2) is 77.2 Å². The van der Waals surface area contributed by atoms with Crippen LogP contribution >= 0.6 is 0 Å². The third-order valence-corrected chi connectivity index (χ3v) is 3.26. The highest BCUT2D eigenvalue weighted by molar-refractivity contribution is 5.51. The Hall–Kier alpha value is -2.95. The minimum absolute atomic E-state index is 0.589. The van der Waals surface area contributed by atoms with Crippen molar-refractivity contribution in [1.82, 2.24) is 9.55 Å². The first kappa shape index (κ1) is 14.0. The summed E-state index contributed by atoms with van der Waals surface area (Å²) < 4.78 is 1.82. The van der Waals surface area contributed by atoms with Gasteiger partial charge in [0.2, 0.25) is 5.95 Å². The maximum absolute atomic E-state index is 4.18. The van der Waals surface area contributed by atoms with Crippen molar-refractivity contribution in [2.45, 2.75) is 6.54 Å². The average Bonchev–Trinajstić information content (AvgIpc) is 2.98. The van der Waals surface area contributed by atoms with Crippen LogP contribution in [0.2, 0.25) is 0 Å². The smallest absolute Gasteiger partial charge is 0.249 e. The molecule has 0 spiro atoms. The molecule has 0 aliphatic rings. The molecule has 0 amide bonds. The average molecular weight is 291 g/mol. The number of rotatable bonds is 5. The molecule has 0 aliphatic heterocycles. The third kappa shape index (κ3) is 3.58. The first-order valence-electron chi connectivity index (χ1n) is 7.08. The molecule has 5 nitrogen and oxygen atoms in total. The lowest BCUT2D eigenvalue weighted by molar-refractivity contribution is 0.893. The van der Waals surface area contributed by atoms with Crippen LogP contribution in [0.1, 0.15) is 5.56 Å². The van der Waals surface area contributed by atoms with Crippen molar-refractivity contribution in [2.75, 3.05) is 5.32 Å². The van der Waals surface area contributed by atoms with Gasteiger partial charge in [0.05, 0.1) is 5.69 Å². The molecule has 0 radical (unpaired) electrons. The molecule has 0 unspecified atom stereocenters. The molecule has 0 bridgehead atoms. The molecule has 22 heavy (non-hydrogen) atoms. The summed E-state index contributed by atoms with van der Waals surface area (Å²) in [5.41, 5.74) is 3.11. The second kappa shape index (κ2) is 6.67. The lowest BCUT2D eigenvalue weighted by atomic mass is 10.2. The summed E-state index contributed by atoms with van der Waals surface area (Å²) in [5.74, 6) is 0.589. The number of azo groups is 1. The maximum atomic E-state index is 4.18. The number of benzene rings is 2. The minimum atomic E-state index is 0.589. The Morgan fingerprint density at radius 2 is 1.77 bits per heavy atom. The van der Waals surface area contributed by atoms with Gasteiger partial charge >= 0.3 is 0 Å². The number of imidazole rings is 1. The summed E-state index contributed by atoms with van der Waals surface area (Å²) in [7, 11) is 1.89. The van der Waals surface area contributed by atoms with Crippen LogP contribution in [0.4, 0.5) is 17.3 Å². The molecule has 5 heteroatoms. The lowest BCUT2D eigenvalue weighted by Crippen LogP contribution is -1.98. The SMILES string of the molecule is Cn1ccnc1/N=N/c1ccc(NCc2ccccc2)cc1. The molecule has 2 aromatic carbocycles. The van der Waals surface area contributed by atoms with Crippen molar-refractivity contribution in [1.29, 1.82) is 0 Å². The van der Waals surface area contributed by atoms with Crippen molar-refractivity contribution >= 4 is 17.3 Å². The first-order valence-corrected chi connectivity index (χ1v) is 7.08. The largest absolute Gasteiger partial charge is 0.381 e. The van der Waals surface area contributed by atoms with Crippen molar-refractivity contribution in [2.24, 2.45) is 17.3 Å². The van der Waals surface area contributed by atoms with E-state index in [-0.39, 0.29) is 0 Å². The van der Waals surface area contributed by atoms with E-state index in [0.717, 1.165) is 17.9 Å². The molecule has 1 N–H and O–H groups in total. The van der Waals surface area contributed by atoms with E-state index in [0.29, 0.717) is 5.95 Å². The molecule has 0 saturated heterocycles. The van der Waals surface area contributed by atoms with Gasteiger partial charge in [0.15, 0.2) is 0 Å². The topological polar surface area (TPSA) is 54.6 Å². The van der Waals surface area contributed by atoms with Gasteiger partial charge in [0, 0.05) is 31.7 Å². The zero-order chi connectivity index (χ0) is 15.2. The van der Waals surface area contributed by atoms with Gasteiger partial charge in [-0.05, 0) is 29.8 Å². The Bertz CT molecular complexity index is 744. The Kier molecular flexibility index (Phi) is 4.25. The fraction of sp³-hybridized carbons (Fsp3) is 0.118. The molecule has 3 aromatic rings. The number of nitrogens with zero attached hydrogens (tertiary/aromatic N) is 4. The van der Waals surface area contributed by atoms with Gasteiger partial charge in [-0.1, -0.05) is 30.3 Å². The standard InChI is InChI=1S/C17H17N5/c1-22-12-11-18-17(22)21-20-16-9-7-15(8-10-16)19-13-14-5-3-2-4-6-14/h2-12,19H,13H2,1H3/b21-20+. The van der Waals surface area contributed by atoms with Gasteiger partial charge in [-0.3, -0.25) is 0 Å². The molecule has 0 aliphatic carbocycles. The van der Waals surface area contributed by atoms with E-state index in [9.17, 15) is 0 Å². The van der Waals surface area contributed by atoms with Crippen LogP contribution in [0.5, 0.6) is 0 Å². The van der Waals surface area contributed by atoms with Crippen molar-refractivity contribution in [3.8, 4) is 0 Å². The van der Waals surface area contributed by atoms with Gasteiger partial charge in [-0.2, -0.15) is 0 Å². The van der Waals surface area contributed by atoms with Gasteiger partial charge in [-0.15, -0.1) is 10.2 Å². The fourth-order valence-electron chi connectivity index (χ4n) is 2.00. The van der Waals surface area contributed by atoms with E-state index >= 15 is 0 Å². The van der Waals surface area contributed by atoms with E-state index in [1.807, 2.05) is 60.3 Å². The van der Waals surface area contributed by atoms with E-state index in [1.54, 1.807) is 6.20 Å². The molecule has 0 fully saturated rings. The Labute approximate surface area is 129 Å². The van der Waals surface area contributed by atoms with Crippen LogP contribution in [0, 0.1) is 0 Å². The van der Waals surface area contributed by atoms with E-state index in [1.165, 1.54) is 5.56 Å². The number of aromatic nitrogens is 2. The van der Waals surface area contributed by atoms with Gasteiger partial charge in [-0.25, -0.2) is 4.98 Å². The van der Waals surface area contributed by atoms with Gasteiger partial charge in [0.1, 0.15) is 0 Å². The highest BCUT2D eigenvalue weighted by atomic mass is 15.2. The van der Waals surface area contributed by atoms with Gasteiger partial charge in [0.25, 0.3) is 0 Å². The summed E-state index contributed by atoms with van der Waals surface area (Å²) in [6.45, 7) is 0.801. The van der Waals surface area contributed by atoms with Crippen LogP contribution in [0.3, 0.4) is 0 Å². The van der Waals surface area contributed by atoms with Crippen LogP contribution in [-0.4, -0.2) is 9.55 Å². The van der Waals surface area contributed by atoms with Crippen LogP contribution < -0.4 is 5.32 Å². The molecule has 1 aromatic heterocycles. The maximum Gasteiger partial charge on any atom is 0.249 e. The number of aryl methyl sites for hydroxylation is 1. The normalized spacial score (nSPS) is 11.0. The highest BCUT2D eigenvalue weighted by Crippen LogP contribution is 2.19. The second-order valence-electron chi connectivity index (χ2n) is 4.92. The molecular weight excluding hydrogens is 274 g/mol. The molecule has 0 atom stereocenters. The zero-order valence-electron chi connectivity index (χ0n) is 12.3. The van der Waals surface area contributed by atoms with Gasteiger partial charge < -0.3 is 9.88 Å². The number of hydrogen-bond acceptors (Lipinski definition) is 4. The van der Waals surface area contributed by atoms with E-state index in [2.05, 4.69) is 32.7 Å². The van der Waals surface area contributed by atoms with Crippen molar-refractivity contribution < 1.29 is 0 Å². The van der Waals surface area contributed by atoms with Crippen molar-refractivity contribution in [3.05, 3.63) is 72.6 Å². The predicted octanol–water partition coefficient (Wildman–Crippen LogP) is 4.45. The first-order chi connectivity index (χ1) is 10.8. The second-order valence-corrected chi connectivity index (χ2v) is 4.92. The van der Waals surface area contributed by atoms with E-state index < -0.39 is 0 Å². The monoisotopic (exact) mass is 291 g/mol. The lowest BCUT2D eigenvalue weighted by Gasteiger charge is -2.06. The highest BCUT2D eigenvalue weighted by Gasteiger charge is 1.97. The minimum Gasteiger partial charge on any atom is -0.381 e. The predicted molar refractivity (Wildman–Crippen MR) is 87.6 cm³/mol. The van der Waals surface area contributed by atoms with E-state index in [4.69, 9.17) is 0 Å². The quantitative estimate of drug-likeness (QED) is 0.706. The Morgan fingerprint density at radius 1 is 1.00 bits per heavy atom. The number of hydrogen-bond donors (Lipinski definition) is 1. The fourth-order valence-corrected chi connectivity index (χ4v) is 2.00. The molecule has 1 heterocycles. The van der Waals surface area contributed by atoms with Crippen molar-refractivity contribution in [3.63, 3.8) is 0 Å². The van der Waals surface area contributed by atoms with Crippen LogP contribution in [0.25, 0.3) is 0 Å². The summed E-state index contributed by atoms with van der Waals surface area (Å²) in [6.07, 6.45) is 3.54. The van der Waals surface area contributed by atoms with Crippen LogP contribution in [-0.2, 0) is 13.6 Å². The summed E-state index contributed by atoms with van der Waals surface area (Å²) in [6, 6.07) is 18.1. The summed E-state index contributed by atoms with van der Waals surface area (Å²) in [4.78, 5) is 4.10. The number of anilines is 1. The molecular formula is C17H17N5. The Balaban J connectivity index is 1.61. The third-order valence-electron chi connectivity index (χ3n) is 3.26. The summed E-state index contributed by atoms with van der Waals surface area (Å²) in [5, 5.41) is 11.7. The number of nitrogens with one attached hydrogen (secondary N) is 1. The Morgan fingerprint density at radius 3 is 2.45 bits per heavy atom. The zero-order valence-corrected chi connectivity index (χ0v) is 12.3.